The number of fused-ring (bicyclic) bond motifs is 1. The van der Waals surface area contributed by atoms with Gasteiger partial charge < -0.3 is 4.98 Å². The third kappa shape index (κ3) is 1.40. The maximum atomic E-state index is 11.2. The Morgan fingerprint density at radius 3 is 2.92 bits per heavy atom. The van der Waals surface area contributed by atoms with E-state index in [1.807, 2.05) is 24.3 Å². The lowest BCUT2D eigenvalue weighted by atomic mass is 10.1. The molecule has 0 bridgehead atoms. The van der Waals surface area contributed by atoms with Gasteiger partial charge in [-0.25, -0.2) is 0 Å². The van der Waals surface area contributed by atoms with E-state index in [4.69, 9.17) is 0 Å². The van der Waals surface area contributed by atoms with Crippen LogP contribution >= 0.6 is 15.9 Å². The molecule has 1 aromatic carbocycles. The summed E-state index contributed by atoms with van der Waals surface area (Å²) in [6.45, 7) is 1.58. The largest absolute Gasteiger partial charge is 0.349 e. The summed E-state index contributed by atoms with van der Waals surface area (Å²) in [7, 11) is 0. The monoisotopic (exact) mass is 237 g/mol. The van der Waals surface area contributed by atoms with Gasteiger partial charge in [0.25, 0.3) is 0 Å². The molecule has 0 unspecified atom stereocenters. The summed E-state index contributed by atoms with van der Waals surface area (Å²) in [5, 5.41) is 0.974. The number of ketones is 1. The van der Waals surface area contributed by atoms with Crippen molar-refractivity contribution in [3.63, 3.8) is 0 Å². The van der Waals surface area contributed by atoms with E-state index in [9.17, 15) is 4.79 Å². The van der Waals surface area contributed by atoms with Gasteiger partial charge in [0.15, 0.2) is 5.78 Å². The fourth-order valence-corrected chi connectivity index (χ4v) is 1.87. The normalized spacial score (nSPS) is 10.6. The standard InChI is InChI=1S/C10H8BrNO/c1-6(13)7-3-2-4-9-8(7)5-10(11)12-9/h2-5,12H,1H3. The highest BCUT2D eigenvalue weighted by molar-refractivity contribution is 9.10. The molecule has 2 rings (SSSR count). The van der Waals surface area contributed by atoms with Crippen molar-refractivity contribution >= 4 is 32.6 Å². The number of benzene rings is 1. The second-order valence-corrected chi connectivity index (χ2v) is 3.79. The lowest BCUT2D eigenvalue weighted by Gasteiger charge is -1.96. The highest BCUT2D eigenvalue weighted by Gasteiger charge is 2.06. The van der Waals surface area contributed by atoms with Gasteiger partial charge in [-0.2, -0.15) is 0 Å². The van der Waals surface area contributed by atoms with E-state index in [0.29, 0.717) is 0 Å². The Bertz CT molecular complexity index is 473. The van der Waals surface area contributed by atoms with Gasteiger partial charge in [-0.15, -0.1) is 0 Å². The molecule has 1 N–H and O–H groups in total. The molecule has 13 heavy (non-hydrogen) atoms. The van der Waals surface area contributed by atoms with Crippen LogP contribution in [0.2, 0.25) is 0 Å². The van der Waals surface area contributed by atoms with Gasteiger partial charge >= 0.3 is 0 Å². The SMILES string of the molecule is CC(=O)c1cccc2[nH]c(Br)cc12. The summed E-state index contributed by atoms with van der Waals surface area (Å²) in [6.07, 6.45) is 0. The molecule has 3 heteroatoms. The van der Waals surface area contributed by atoms with Crippen molar-refractivity contribution in [3.05, 3.63) is 34.4 Å². The molecule has 0 fully saturated rings. The van der Waals surface area contributed by atoms with E-state index in [0.717, 1.165) is 21.1 Å². The number of hydrogen-bond acceptors (Lipinski definition) is 1. The van der Waals surface area contributed by atoms with Crippen LogP contribution in [0.4, 0.5) is 0 Å². The Morgan fingerprint density at radius 2 is 2.23 bits per heavy atom. The van der Waals surface area contributed by atoms with Crippen LogP contribution in [0.25, 0.3) is 10.9 Å². The maximum absolute atomic E-state index is 11.2. The Kier molecular flexibility index (Phi) is 1.96. The van der Waals surface area contributed by atoms with Gasteiger partial charge in [-0.3, -0.25) is 4.79 Å². The molecule has 0 saturated heterocycles. The lowest BCUT2D eigenvalue weighted by Crippen LogP contribution is -1.91. The number of rotatable bonds is 1. The Labute approximate surface area is 84.1 Å². The maximum Gasteiger partial charge on any atom is 0.160 e. The summed E-state index contributed by atoms with van der Waals surface area (Å²) in [5.41, 5.74) is 1.75. The lowest BCUT2D eigenvalue weighted by molar-refractivity contribution is 0.101. The highest BCUT2D eigenvalue weighted by Crippen LogP contribution is 2.22. The van der Waals surface area contributed by atoms with E-state index in [1.165, 1.54) is 0 Å². The van der Waals surface area contributed by atoms with Gasteiger partial charge in [0, 0.05) is 16.5 Å². The summed E-state index contributed by atoms with van der Waals surface area (Å²) in [6, 6.07) is 7.59. The molecule has 0 atom stereocenters. The molecule has 0 amide bonds. The predicted octanol–water partition coefficient (Wildman–Crippen LogP) is 3.13. The van der Waals surface area contributed by atoms with Crippen molar-refractivity contribution in [2.45, 2.75) is 6.92 Å². The van der Waals surface area contributed by atoms with Crippen LogP contribution < -0.4 is 0 Å². The molecule has 2 nitrogen and oxygen atoms in total. The first-order valence-electron chi connectivity index (χ1n) is 3.96. The predicted molar refractivity (Wildman–Crippen MR) is 56.0 cm³/mol. The van der Waals surface area contributed by atoms with Crippen LogP contribution in [0, 0.1) is 0 Å². The van der Waals surface area contributed by atoms with Crippen LogP contribution in [0.5, 0.6) is 0 Å². The van der Waals surface area contributed by atoms with Crippen molar-refractivity contribution in [1.29, 1.82) is 0 Å². The topological polar surface area (TPSA) is 32.9 Å². The second-order valence-electron chi connectivity index (χ2n) is 2.94. The number of halogens is 1. The van der Waals surface area contributed by atoms with Crippen LogP contribution in [0.15, 0.2) is 28.9 Å². The molecule has 1 aromatic heterocycles. The van der Waals surface area contributed by atoms with Crippen molar-refractivity contribution in [2.75, 3.05) is 0 Å². The summed E-state index contributed by atoms with van der Waals surface area (Å²) in [4.78, 5) is 14.4. The first kappa shape index (κ1) is 8.51. The van der Waals surface area contributed by atoms with Crippen molar-refractivity contribution in [3.8, 4) is 0 Å². The number of aromatic amines is 1. The van der Waals surface area contributed by atoms with Gasteiger partial charge in [-0.05, 0) is 35.0 Å². The van der Waals surface area contributed by atoms with Crippen LogP contribution in [0.1, 0.15) is 17.3 Å². The molecule has 0 saturated carbocycles. The van der Waals surface area contributed by atoms with Crippen LogP contribution in [-0.4, -0.2) is 10.8 Å². The minimum atomic E-state index is 0.0945. The molecule has 0 aliphatic carbocycles. The van der Waals surface area contributed by atoms with Crippen molar-refractivity contribution in [2.24, 2.45) is 0 Å². The fraction of sp³-hybridized carbons (Fsp3) is 0.100. The fourth-order valence-electron chi connectivity index (χ4n) is 1.43. The number of aromatic nitrogens is 1. The third-order valence-corrected chi connectivity index (χ3v) is 2.44. The molecular weight excluding hydrogens is 230 g/mol. The van der Waals surface area contributed by atoms with Crippen molar-refractivity contribution < 1.29 is 4.79 Å². The number of carbonyl (C=O) groups excluding carboxylic acids is 1. The summed E-state index contributed by atoms with van der Waals surface area (Å²) >= 11 is 3.34. The average molecular weight is 238 g/mol. The Morgan fingerprint density at radius 1 is 1.46 bits per heavy atom. The van der Waals surface area contributed by atoms with E-state index in [2.05, 4.69) is 20.9 Å². The van der Waals surface area contributed by atoms with Crippen LogP contribution in [-0.2, 0) is 0 Å². The number of Topliss-reactive ketones (excluding diaryl/α,β-unsaturated/α-hetero) is 1. The zero-order valence-electron chi connectivity index (χ0n) is 7.10. The van der Waals surface area contributed by atoms with Crippen molar-refractivity contribution in [1.82, 2.24) is 4.98 Å². The molecular formula is C10H8BrNO. The Balaban J connectivity index is 2.82. The van der Waals surface area contributed by atoms with E-state index in [-0.39, 0.29) is 5.78 Å². The van der Waals surface area contributed by atoms with Gasteiger partial charge in [0.1, 0.15) is 0 Å². The first-order chi connectivity index (χ1) is 6.18. The molecule has 0 radical (unpaired) electrons. The molecule has 2 aromatic rings. The smallest absolute Gasteiger partial charge is 0.160 e. The molecule has 0 aliphatic heterocycles. The molecule has 0 spiro atoms. The summed E-state index contributed by atoms with van der Waals surface area (Å²) < 4.78 is 0.899. The van der Waals surface area contributed by atoms with Gasteiger partial charge in [-0.1, -0.05) is 12.1 Å². The molecule has 66 valence electrons. The molecule has 1 heterocycles. The van der Waals surface area contributed by atoms with Gasteiger partial charge in [0.2, 0.25) is 0 Å². The minimum Gasteiger partial charge on any atom is -0.349 e. The van der Waals surface area contributed by atoms with E-state index in [1.54, 1.807) is 6.92 Å². The zero-order valence-corrected chi connectivity index (χ0v) is 8.68. The minimum absolute atomic E-state index is 0.0945. The Hall–Kier alpha value is -1.09. The number of H-pyrrole nitrogens is 1. The number of hydrogen-bond donors (Lipinski definition) is 1. The van der Waals surface area contributed by atoms with Gasteiger partial charge in [0.05, 0.1) is 4.60 Å². The quantitative estimate of drug-likeness (QED) is 0.760. The summed E-state index contributed by atoms with van der Waals surface area (Å²) in [5.74, 6) is 0.0945. The van der Waals surface area contributed by atoms with E-state index >= 15 is 0 Å². The zero-order chi connectivity index (χ0) is 9.42. The van der Waals surface area contributed by atoms with Crippen LogP contribution in [0.3, 0.4) is 0 Å². The third-order valence-electron chi connectivity index (χ3n) is 2.01. The second kappa shape index (κ2) is 3.00. The average Bonchev–Trinajstić information content (AvgIpc) is 2.43. The molecule has 0 aliphatic rings. The van der Waals surface area contributed by atoms with E-state index < -0.39 is 0 Å². The number of nitrogens with one attached hydrogen (secondary N) is 1. The number of carbonyl (C=O) groups is 1. The highest BCUT2D eigenvalue weighted by atomic mass is 79.9. The first-order valence-corrected chi connectivity index (χ1v) is 4.76.